The lowest BCUT2D eigenvalue weighted by atomic mass is 9.76. The van der Waals surface area contributed by atoms with Gasteiger partial charge in [-0.3, -0.25) is 9.80 Å². The van der Waals surface area contributed by atoms with Crippen LogP contribution in [-0.2, 0) is 4.74 Å². The van der Waals surface area contributed by atoms with E-state index in [2.05, 4.69) is 84.4 Å². The van der Waals surface area contributed by atoms with Crippen LogP contribution in [0.3, 0.4) is 0 Å². The van der Waals surface area contributed by atoms with Crippen LogP contribution in [0.2, 0.25) is 0 Å². The van der Waals surface area contributed by atoms with Crippen molar-refractivity contribution in [2.24, 2.45) is 10.8 Å². The van der Waals surface area contributed by atoms with Crippen LogP contribution in [0.4, 0.5) is 0 Å². The average Bonchev–Trinajstić information content (AvgIpc) is 2.59. The van der Waals surface area contributed by atoms with E-state index in [-0.39, 0.29) is 16.5 Å². The van der Waals surface area contributed by atoms with Crippen molar-refractivity contribution in [1.29, 1.82) is 0 Å². The Balaban J connectivity index is 1.96. The van der Waals surface area contributed by atoms with Crippen LogP contribution < -0.4 is 5.32 Å². The number of hydrogen-bond acceptors (Lipinski definition) is 4. The third kappa shape index (κ3) is 6.17. The Morgan fingerprint density at radius 2 is 1.46 bits per heavy atom. The molecule has 2 heterocycles. The van der Waals surface area contributed by atoms with E-state index in [1.807, 2.05) is 0 Å². The molecule has 2 atom stereocenters. The Morgan fingerprint density at radius 3 is 2.04 bits per heavy atom. The molecule has 2 rings (SSSR count). The number of piperazine rings is 1. The molecule has 2 fully saturated rings. The van der Waals surface area contributed by atoms with Gasteiger partial charge in [0.1, 0.15) is 0 Å². The fourth-order valence-corrected chi connectivity index (χ4v) is 4.56. The largest absolute Gasteiger partial charge is 0.375 e. The maximum absolute atomic E-state index is 6.28. The Morgan fingerprint density at radius 1 is 0.821 bits per heavy atom. The minimum absolute atomic E-state index is 0.193. The van der Waals surface area contributed by atoms with Crippen molar-refractivity contribution in [3.63, 3.8) is 0 Å². The van der Waals surface area contributed by atoms with E-state index in [0.29, 0.717) is 17.6 Å². The van der Waals surface area contributed by atoms with Crippen LogP contribution in [-0.4, -0.2) is 72.4 Å². The minimum Gasteiger partial charge on any atom is -0.375 e. The molecule has 0 aromatic heterocycles. The van der Waals surface area contributed by atoms with Gasteiger partial charge in [-0.25, -0.2) is 0 Å². The standard InChI is InChI=1S/C24H49N3O/c1-21(2,3)19-17-27(14-13-25-19)24(9,10)12-11-23(7,8)20-18-26(15-16-28-20)22(4,5)6/h19-20,25H,11-18H2,1-10H3. The molecule has 4 nitrogen and oxygen atoms in total. The van der Waals surface area contributed by atoms with E-state index in [1.165, 1.54) is 12.8 Å². The second-order valence-electron chi connectivity index (χ2n) is 12.6. The molecular weight excluding hydrogens is 346 g/mol. The van der Waals surface area contributed by atoms with Crippen molar-refractivity contribution in [3.05, 3.63) is 0 Å². The summed E-state index contributed by atoms with van der Waals surface area (Å²) < 4.78 is 6.28. The smallest absolute Gasteiger partial charge is 0.0753 e. The number of hydrogen-bond donors (Lipinski definition) is 1. The van der Waals surface area contributed by atoms with Crippen molar-refractivity contribution in [1.82, 2.24) is 15.1 Å². The van der Waals surface area contributed by atoms with Crippen LogP contribution in [0.15, 0.2) is 0 Å². The molecule has 0 bridgehead atoms. The lowest BCUT2D eigenvalue weighted by Crippen LogP contribution is -2.61. The SMILES string of the molecule is CC(C)(C)C1CN(C(C)(C)CCC(C)(C)C2CN(C(C)(C)C)CCO2)CCN1. The number of ether oxygens (including phenoxy) is 1. The highest BCUT2D eigenvalue weighted by Crippen LogP contribution is 2.37. The molecule has 4 heteroatoms. The fourth-order valence-electron chi connectivity index (χ4n) is 4.56. The Kier molecular flexibility index (Phi) is 7.34. The van der Waals surface area contributed by atoms with Crippen molar-refractivity contribution >= 4 is 0 Å². The van der Waals surface area contributed by atoms with Crippen LogP contribution in [0.5, 0.6) is 0 Å². The van der Waals surface area contributed by atoms with Crippen molar-refractivity contribution in [2.45, 2.75) is 105 Å². The topological polar surface area (TPSA) is 27.7 Å². The Hall–Kier alpha value is -0.160. The number of rotatable bonds is 5. The van der Waals surface area contributed by atoms with Gasteiger partial charge < -0.3 is 10.1 Å². The summed E-state index contributed by atoms with van der Waals surface area (Å²) in [6.07, 6.45) is 2.74. The first-order valence-electron chi connectivity index (χ1n) is 11.5. The summed E-state index contributed by atoms with van der Waals surface area (Å²) in [4.78, 5) is 5.32. The van der Waals surface area contributed by atoms with E-state index in [9.17, 15) is 0 Å². The number of morpholine rings is 1. The van der Waals surface area contributed by atoms with Crippen LogP contribution in [0, 0.1) is 10.8 Å². The highest BCUT2D eigenvalue weighted by Gasteiger charge is 2.40. The second kappa shape index (κ2) is 8.53. The molecule has 1 N–H and O–H groups in total. The van der Waals surface area contributed by atoms with Gasteiger partial charge in [-0.1, -0.05) is 34.6 Å². The minimum atomic E-state index is 0.193. The van der Waals surface area contributed by atoms with Crippen LogP contribution >= 0.6 is 0 Å². The van der Waals surface area contributed by atoms with Crippen LogP contribution in [0.1, 0.15) is 82.1 Å². The molecule has 28 heavy (non-hydrogen) atoms. The lowest BCUT2D eigenvalue weighted by Gasteiger charge is -2.49. The first-order chi connectivity index (χ1) is 12.6. The van der Waals surface area contributed by atoms with Gasteiger partial charge in [0.05, 0.1) is 12.7 Å². The number of nitrogens with zero attached hydrogens (tertiary/aromatic N) is 2. The van der Waals surface area contributed by atoms with Gasteiger partial charge >= 0.3 is 0 Å². The molecule has 166 valence electrons. The van der Waals surface area contributed by atoms with Gasteiger partial charge in [0.25, 0.3) is 0 Å². The summed E-state index contributed by atoms with van der Waals surface area (Å²) >= 11 is 0. The van der Waals surface area contributed by atoms with Crippen molar-refractivity contribution in [2.75, 3.05) is 39.3 Å². The monoisotopic (exact) mass is 395 g/mol. The average molecular weight is 396 g/mol. The van der Waals surface area contributed by atoms with E-state index in [4.69, 9.17) is 4.74 Å². The molecule has 0 spiro atoms. The normalized spacial score (nSPS) is 27.2. The molecule has 2 aliphatic heterocycles. The summed E-state index contributed by atoms with van der Waals surface area (Å²) in [6, 6.07) is 0.565. The van der Waals surface area contributed by atoms with Gasteiger partial charge in [0.2, 0.25) is 0 Å². The zero-order valence-electron chi connectivity index (χ0n) is 20.6. The van der Waals surface area contributed by atoms with E-state index < -0.39 is 0 Å². The lowest BCUT2D eigenvalue weighted by molar-refractivity contribution is -0.110. The molecule has 2 unspecified atom stereocenters. The molecule has 0 saturated carbocycles. The van der Waals surface area contributed by atoms with Gasteiger partial charge in [-0.05, 0) is 58.3 Å². The maximum atomic E-state index is 6.28. The van der Waals surface area contributed by atoms with E-state index in [1.54, 1.807) is 0 Å². The van der Waals surface area contributed by atoms with Gasteiger partial charge in [0, 0.05) is 49.8 Å². The fraction of sp³-hybridized carbons (Fsp3) is 1.00. The number of nitrogens with one attached hydrogen (secondary N) is 1. The summed E-state index contributed by atoms with van der Waals surface area (Å²) in [5.41, 5.74) is 0.945. The summed E-state index contributed by atoms with van der Waals surface area (Å²) in [7, 11) is 0. The summed E-state index contributed by atoms with van der Waals surface area (Å²) in [5, 5.41) is 3.74. The molecule has 0 aromatic carbocycles. The molecule has 2 aliphatic rings. The van der Waals surface area contributed by atoms with Gasteiger partial charge in [-0.2, -0.15) is 0 Å². The summed E-state index contributed by atoms with van der Waals surface area (Å²) in [6.45, 7) is 30.1. The molecule has 0 aliphatic carbocycles. The molecule has 0 amide bonds. The van der Waals surface area contributed by atoms with E-state index in [0.717, 1.165) is 39.3 Å². The quantitative estimate of drug-likeness (QED) is 0.747. The highest BCUT2D eigenvalue weighted by atomic mass is 16.5. The summed E-state index contributed by atoms with van der Waals surface area (Å²) in [5.74, 6) is 0. The Bertz CT molecular complexity index is 455. The van der Waals surface area contributed by atoms with Crippen molar-refractivity contribution < 1.29 is 4.74 Å². The molecule has 2 saturated heterocycles. The molecular formula is C24H49N3O. The first kappa shape index (κ1) is 24.1. The maximum Gasteiger partial charge on any atom is 0.0753 e. The predicted octanol–water partition coefficient (Wildman–Crippen LogP) is 4.39. The van der Waals surface area contributed by atoms with E-state index >= 15 is 0 Å². The van der Waals surface area contributed by atoms with Crippen LogP contribution in [0.25, 0.3) is 0 Å². The third-order valence-electron chi connectivity index (χ3n) is 7.34. The van der Waals surface area contributed by atoms with Gasteiger partial charge in [-0.15, -0.1) is 0 Å². The molecule has 0 radical (unpaired) electrons. The Labute approximate surface area is 175 Å². The van der Waals surface area contributed by atoms with Gasteiger partial charge in [0.15, 0.2) is 0 Å². The third-order valence-corrected chi connectivity index (χ3v) is 7.34. The zero-order chi connectivity index (χ0) is 21.4. The zero-order valence-corrected chi connectivity index (χ0v) is 20.6. The predicted molar refractivity (Wildman–Crippen MR) is 121 cm³/mol. The highest BCUT2D eigenvalue weighted by molar-refractivity contribution is 4.95. The first-order valence-corrected chi connectivity index (χ1v) is 11.5. The molecule has 0 aromatic rings. The second-order valence-corrected chi connectivity index (χ2v) is 12.6. The van der Waals surface area contributed by atoms with Crippen molar-refractivity contribution in [3.8, 4) is 0 Å².